The first kappa shape index (κ1) is 24.5. The molecule has 2 amide bonds. The number of fused-ring (bicyclic) bond motifs is 3. The first-order chi connectivity index (χ1) is 16.8. The number of amides is 2. The molecule has 0 heterocycles. The zero-order chi connectivity index (χ0) is 25.1. The van der Waals surface area contributed by atoms with E-state index >= 15 is 0 Å². The Bertz CT molecular complexity index is 1240. The minimum Gasteiger partial charge on any atom is -0.479 e. The fourth-order valence-corrected chi connectivity index (χ4v) is 4.52. The average molecular weight is 515 g/mol. The zero-order valence-corrected chi connectivity index (χ0v) is 19.6. The molecule has 0 spiro atoms. The third kappa shape index (κ3) is 5.24. The molecule has 0 saturated heterocycles. The number of carboxylic acids is 1. The fourth-order valence-electron chi connectivity index (χ4n) is 3.94. The SMILES string of the molecule is O=C(Nc1c(Cl)cc(C(=O)NCC(O)C(=O)O)cc1Cl)OCC1c2ccccc2-c2ccccc21. The number of aliphatic carboxylic acids is 1. The highest BCUT2D eigenvalue weighted by atomic mass is 35.5. The molecular formula is C25H20Cl2N2O6. The summed E-state index contributed by atoms with van der Waals surface area (Å²) in [6.45, 7) is -0.398. The van der Waals surface area contributed by atoms with Crippen LogP contribution in [0.4, 0.5) is 10.5 Å². The van der Waals surface area contributed by atoms with Crippen LogP contribution in [0.15, 0.2) is 60.7 Å². The van der Waals surface area contributed by atoms with Crippen LogP contribution in [0.2, 0.25) is 10.0 Å². The van der Waals surface area contributed by atoms with Crippen LogP contribution in [0.25, 0.3) is 11.1 Å². The molecule has 0 bridgehead atoms. The Balaban J connectivity index is 1.42. The highest BCUT2D eigenvalue weighted by molar-refractivity contribution is 6.40. The summed E-state index contributed by atoms with van der Waals surface area (Å²) in [5, 5.41) is 22.7. The van der Waals surface area contributed by atoms with Gasteiger partial charge >= 0.3 is 12.1 Å². The molecule has 35 heavy (non-hydrogen) atoms. The number of aliphatic hydroxyl groups excluding tert-OH is 1. The van der Waals surface area contributed by atoms with Crippen LogP contribution in [0, 0.1) is 0 Å². The fraction of sp³-hybridized carbons (Fsp3) is 0.160. The van der Waals surface area contributed by atoms with Gasteiger partial charge in [-0.15, -0.1) is 0 Å². The van der Waals surface area contributed by atoms with Crippen molar-refractivity contribution in [3.8, 4) is 11.1 Å². The van der Waals surface area contributed by atoms with Crippen LogP contribution >= 0.6 is 23.2 Å². The summed E-state index contributed by atoms with van der Waals surface area (Å²) in [6.07, 6.45) is -2.52. The largest absolute Gasteiger partial charge is 0.479 e. The van der Waals surface area contributed by atoms with E-state index in [0.29, 0.717) is 0 Å². The number of rotatable bonds is 7. The minimum absolute atomic E-state index is 0.0186. The summed E-state index contributed by atoms with van der Waals surface area (Å²) >= 11 is 12.4. The molecule has 1 aliphatic carbocycles. The highest BCUT2D eigenvalue weighted by Crippen LogP contribution is 2.44. The van der Waals surface area contributed by atoms with Gasteiger partial charge in [0.2, 0.25) is 0 Å². The number of benzene rings is 3. The van der Waals surface area contributed by atoms with E-state index in [1.165, 1.54) is 12.1 Å². The number of carboxylic acid groups (broad SMARTS) is 1. The van der Waals surface area contributed by atoms with E-state index in [-0.39, 0.29) is 33.8 Å². The number of carbonyl (C=O) groups is 3. The van der Waals surface area contributed by atoms with Crippen LogP contribution < -0.4 is 10.6 Å². The summed E-state index contributed by atoms with van der Waals surface area (Å²) in [7, 11) is 0. The molecule has 0 fully saturated rings. The van der Waals surface area contributed by atoms with E-state index in [9.17, 15) is 19.5 Å². The summed E-state index contributed by atoms with van der Waals surface area (Å²) in [4.78, 5) is 35.4. The Kier molecular flexibility index (Phi) is 7.25. The first-order valence-corrected chi connectivity index (χ1v) is 11.3. The van der Waals surface area contributed by atoms with Crippen LogP contribution in [0.3, 0.4) is 0 Å². The molecule has 1 atom stereocenters. The lowest BCUT2D eigenvalue weighted by atomic mass is 9.98. The molecule has 3 aromatic carbocycles. The number of anilines is 1. The normalized spacial score (nSPS) is 12.9. The number of ether oxygens (including phenoxy) is 1. The lowest BCUT2D eigenvalue weighted by molar-refractivity contribution is -0.146. The number of nitrogens with one attached hydrogen (secondary N) is 2. The van der Waals surface area contributed by atoms with Crippen molar-refractivity contribution in [2.75, 3.05) is 18.5 Å². The Hall–Kier alpha value is -3.59. The van der Waals surface area contributed by atoms with Gasteiger partial charge in [0.1, 0.15) is 6.61 Å². The molecule has 1 aliphatic rings. The topological polar surface area (TPSA) is 125 Å². The predicted molar refractivity (Wildman–Crippen MR) is 131 cm³/mol. The maximum absolute atomic E-state index is 12.5. The highest BCUT2D eigenvalue weighted by Gasteiger charge is 2.29. The summed E-state index contributed by atoms with van der Waals surface area (Å²) in [5.41, 5.74) is 4.44. The van der Waals surface area contributed by atoms with Crippen LogP contribution in [-0.4, -0.2) is 47.4 Å². The van der Waals surface area contributed by atoms with Gasteiger partial charge in [0.25, 0.3) is 5.91 Å². The Morgan fingerprint density at radius 3 is 2.03 bits per heavy atom. The maximum Gasteiger partial charge on any atom is 0.411 e. The summed E-state index contributed by atoms with van der Waals surface area (Å²) < 4.78 is 5.49. The molecule has 0 radical (unpaired) electrons. The lowest BCUT2D eigenvalue weighted by Gasteiger charge is -2.16. The van der Waals surface area contributed by atoms with Crippen molar-refractivity contribution in [1.82, 2.24) is 5.32 Å². The smallest absolute Gasteiger partial charge is 0.411 e. The molecule has 0 saturated carbocycles. The van der Waals surface area contributed by atoms with Crippen molar-refractivity contribution >= 4 is 46.9 Å². The van der Waals surface area contributed by atoms with Gasteiger partial charge in [0.15, 0.2) is 6.10 Å². The Morgan fingerprint density at radius 2 is 1.49 bits per heavy atom. The molecule has 3 aromatic rings. The van der Waals surface area contributed by atoms with E-state index in [0.717, 1.165) is 22.3 Å². The number of hydrogen-bond donors (Lipinski definition) is 4. The minimum atomic E-state index is -1.75. The van der Waals surface area contributed by atoms with Crippen LogP contribution in [0.5, 0.6) is 0 Å². The maximum atomic E-state index is 12.5. The zero-order valence-electron chi connectivity index (χ0n) is 18.1. The van der Waals surface area contributed by atoms with Crippen molar-refractivity contribution in [2.24, 2.45) is 0 Å². The van der Waals surface area contributed by atoms with Crippen molar-refractivity contribution in [3.63, 3.8) is 0 Å². The van der Waals surface area contributed by atoms with Gasteiger partial charge in [0, 0.05) is 11.5 Å². The molecule has 0 aliphatic heterocycles. The first-order valence-electron chi connectivity index (χ1n) is 10.6. The molecule has 10 heteroatoms. The van der Waals surface area contributed by atoms with Gasteiger partial charge < -0.3 is 20.3 Å². The van der Waals surface area contributed by atoms with Gasteiger partial charge in [-0.2, -0.15) is 0 Å². The van der Waals surface area contributed by atoms with E-state index in [1.807, 2.05) is 48.5 Å². The number of carbonyl (C=O) groups excluding carboxylic acids is 2. The van der Waals surface area contributed by atoms with Crippen molar-refractivity contribution in [1.29, 1.82) is 0 Å². The van der Waals surface area contributed by atoms with E-state index in [4.69, 9.17) is 33.0 Å². The molecule has 0 aromatic heterocycles. The van der Waals surface area contributed by atoms with Crippen molar-refractivity contribution in [3.05, 3.63) is 87.4 Å². The van der Waals surface area contributed by atoms with Crippen LogP contribution in [0.1, 0.15) is 27.4 Å². The third-order valence-electron chi connectivity index (χ3n) is 5.62. The Labute approximate surface area is 210 Å². The monoisotopic (exact) mass is 514 g/mol. The van der Waals surface area contributed by atoms with Gasteiger partial charge in [-0.1, -0.05) is 71.7 Å². The van der Waals surface area contributed by atoms with Crippen molar-refractivity contribution < 1.29 is 29.3 Å². The second kappa shape index (κ2) is 10.4. The number of aliphatic hydroxyl groups is 1. The van der Waals surface area contributed by atoms with Gasteiger partial charge in [-0.3, -0.25) is 10.1 Å². The van der Waals surface area contributed by atoms with Gasteiger partial charge in [0.05, 0.1) is 22.3 Å². The molecular weight excluding hydrogens is 495 g/mol. The van der Waals surface area contributed by atoms with E-state index in [1.54, 1.807) is 0 Å². The van der Waals surface area contributed by atoms with Gasteiger partial charge in [-0.25, -0.2) is 9.59 Å². The van der Waals surface area contributed by atoms with E-state index < -0.39 is 30.6 Å². The lowest BCUT2D eigenvalue weighted by Crippen LogP contribution is -2.36. The number of hydrogen-bond acceptors (Lipinski definition) is 5. The quantitative estimate of drug-likeness (QED) is 0.367. The molecule has 1 unspecified atom stereocenters. The summed E-state index contributed by atoms with van der Waals surface area (Å²) in [5.74, 6) is -2.28. The second-order valence-corrected chi connectivity index (χ2v) is 8.64. The third-order valence-corrected chi connectivity index (χ3v) is 6.21. The molecule has 180 valence electrons. The van der Waals surface area contributed by atoms with Gasteiger partial charge in [-0.05, 0) is 34.4 Å². The van der Waals surface area contributed by atoms with E-state index in [2.05, 4.69) is 10.6 Å². The standard InChI is InChI=1S/C25H20Cl2N2O6/c26-19-9-13(23(31)28-11-21(30)24(32)33)10-20(27)22(19)29-25(34)35-12-18-16-7-3-1-5-14(16)15-6-2-4-8-17(15)18/h1-10,18,21,30H,11-12H2,(H,28,31)(H,29,34)(H,32,33). The predicted octanol–water partition coefficient (Wildman–Crippen LogP) is 4.53. The Morgan fingerprint density at radius 1 is 0.943 bits per heavy atom. The van der Waals surface area contributed by atoms with Crippen LogP contribution in [-0.2, 0) is 9.53 Å². The summed E-state index contributed by atoms with van der Waals surface area (Å²) in [6, 6.07) is 18.4. The molecule has 8 nitrogen and oxygen atoms in total. The second-order valence-electron chi connectivity index (χ2n) is 7.83. The molecule has 4 rings (SSSR count). The number of halogens is 2. The molecule has 4 N–H and O–H groups in total. The van der Waals surface area contributed by atoms with Crippen molar-refractivity contribution in [2.45, 2.75) is 12.0 Å². The average Bonchev–Trinajstić information content (AvgIpc) is 3.16.